The number of nitrogens with zero attached hydrogens (tertiary/aromatic N) is 1. The van der Waals surface area contributed by atoms with Crippen molar-refractivity contribution in [1.29, 1.82) is 0 Å². The van der Waals surface area contributed by atoms with Crippen LogP contribution in [0.25, 0.3) is 0 Å². The van der Waals surface area contributed by atoms with Crippen LogP contribution in [-0.2, 0) is 14.4 Å². The number of ether oxygens (including phenoxy) is 1. The van der Waals surface area contributed by atoms with Crippen molar-refractivity contribution in [2.45, 2.75) is 27.7 Å². The number of hydrazone groups is 1. The van der Waals surface area contributed by atoms with E-state index in [1.54, 1.807) is 18.2 Å². The van der Waals surface area contributed by atoms with E-state index < -0.39 is 11.8 Å². The Morgan fingerprint density at radius 2 is 1.84 bits per heavy atom. The van der Waals surface area contributed by atoms with E-state index in [0.717, 1.165) is 16.8 Å². The van der Waals surface area contributed by atoms with Crippen molar-refractivity contribution >= 4 is 41.2 Å². The summed E-state index contributed by atoms with van der Waals surface area (Å²) in [6.45, 7) is 7.94. The van der Waals surface area contributed by atoms with Crippen LogP contribution in [0.15, 0.2) is 41.5 Å². The maximum absolute atomic E-state index is 12.2. The van der Waals surface area contributed by atoms with E-state index in [2.05, 4.69) is 21.2 Å². The van der Waals surface area contributed by atoms with E-state index in [1.807, 2.05) is 45.9 Å². The fourth-order valence-corrected chi connectivity index (χ4v) is 2.83. The monoisotopic (exact) mass is 458 g/mol. The molecular formula is C23H27ClN4O4. The topological polar surface area (TPSA) is 109 Å². The van der Waals surface area contributed by atoms with Crippen molar-refractivity contribution in [1.82, 2.24) is 10.7 Å². The molecule has 170 valence electrons. The van der Waals surface area contributed by atoms with Gasteiger partial charge in [-0.05, 0) is 55.2 Å². The molecule has 0 aliphatic carbocycles. The van der Waals surface area contributed by atoms with Gasteiger partial charge in [-0.25, -0.2) is 5.43 Å². The molecule has 3 amide bonds. The predicted molar refractivity (Wildman–Crippen MR) is 125 cm³/mol. The van der Waals surface area contributed by atoms with E-state index in [1.165, 1.54) is 6.21 Å². The second-order valence-electron chi connectivity index (χ2n) is 7.65. The lowest BCUT2D eigenvalue weighted by Gasteiger charge is -2.11. The molecule has 2 aromatic rings. The summed E-state index contributed by atoms with van der Waals surface area (Å²) in [6.07, 6.45) is 1.34. The summed E-state index contributed by atoms with van der Waals surface area (Å²) in [6, 6.07) is 10.5. The first kappa shape index (κ1) is 24.9. The standard InChI is InChI=1S/C23H27ClN4O4/c1-14(2)11-25-22(30)23(31)28-26-12-17-6-8-20(18(24)10-17)32-13-21(29)27-19-7-5-15(3)9-16(19)4/h5-10,12,14H,11,13H2,1-4H3,(H,25,30)(H,27,29)(H,28,31)/b26-12-. The van der Waals surface area contributed by atoms with Gasteiger partial charge >= 0.3 is 11.8 Å². The first-order valence-electron chi connectivity index (χ1n) is 10.1. The van der Waals surface area contributed by atoms with Crippen LogP contribution in [0, 0.1) is 19.8 Å². The molecule has 2 rings (SSSR count). The van der Waals surface area contributed by atoms with Crippen molar-refractivity contribution in [3.63, 3.8) is 0 Å². The van der Waals surface area contributed by atoms with Crippen molar-refractivity contribution in [3.8, 4) is 5.75 Å². The van der Waals surface area contributed by atoms with Gasteiger partial charge in [0.1, 0.15) is 5.75 Å². The second-order valence-corrected chi connectivity index (χ2v) is 8.06. The Hall–Kier alpha value is -3.39. The molecule has 2 aromatic carbocycles. The molecule has 0 aromatic heterocycles. The van der Waals surface area contributed by atoms with E-state index in [4.69, 9.17) is 16.3 Å². The predicted octanol–water partition coefficient (Wildman–Crippen LogP) is 3.20. The zero-order valence-corrected chi connectivity index (χ0v) is 19.2. The third-order valence-electron chi connectivity index (χ3n) is 4.23. The van der Waals surface area contributed by atoms with Gasteiger partial charge in [0.15, 0.2) is 6.61 Å². The highest BCUT2D eigenvalue weighted by Gasteiger charge is 2.12. The van der Waals surface area contributed by atoms with E-state index in [0.29, 0.717) is 17.9 Å². The molecule has 0 fully saturated rings. The molecule has 0 heterocycles. The number of hydrogen-bond acceptors (Lipinski definition) is 5. The summed E-state index contributed by atoms with van der Waals surface area (Å²) in [5.41, 5.74) is 5.52. The Bertz CT molecular complexity index is 1020. The minimum atomic E-state index is -0.859. The number of hydrogen-bond donors (Lipinski definition) is 3. The van der Waals surface area contributed by atoms with Crippen LogP contribution in [0.1, 0.15) is 30.5 Å². The summed E-state index contributed by atoms with van der Waals surface area (Å²) in [4.78, 5) is 35.4. The molecular weight excluding hydrogens is 432 g/mol. The van der Waals surface area contributed by atoms with Crippen LogP contribution < -0.4 is 20.8 Å². The Morgan fingerprint density at radius 1 is 1.09 bits per heavy atom. The van der Waals surface area contributed by atoms with Crippen molar-refractivity contribution in [3.05, 3.63) is 58.1 Å². The van der Waals surface area contributed by atoms with Gasteiger partial charge in [0, 0.05) is 12.2 Å². The van der Waals surface area contributed by atoms with Crippen molar-refractivity contribution in [2.75, 3.05) is 18.5 Å². The highest BCUT2D eigenvalue weighted by atomic mass is 35.5. The molecule has 32 heavy (non-hydrogen) atoms. The Balaban J connectivity index is 1.86. The summed E-state index contributed by atoms with van der Waals surface area (Å²) in [5, 5.41) is 9.32. The number of carbonyl (C=O) groups is 3. The molecule has 0 radical (unpaired) electrons. The Labute approximate surface area is 192 Å². The van der Waals surface area contributed by atoms with Crippen LogP contribution in [0.5, 0.6) is 5.75 Å². The molecule has 0 unspecified atom stereocenters. The molecule has 8 nitrogen and oxygen atoms in total. The number of rotatable bonds is 8. The third-order valence-corrected chi connectivity index (χ3v) is 4.52. The number of aryl methyl sites for hydroxylation is 2. The SMILES string of the molecule is Cc1ccc(NC(=O)COc2ccc(/C=N\NC(=O)C(=O)NCC(C)C)cc2Cl)c(C)c1. The first-order valence-corrected chi connectivity index (χ1v) is 10.4. The largest absolute Gasteiger partial charge is 0.482 e. The zero-order chi connectivity index (χ0) is 23.7. The van der Waals surface area contributed by atoms with Gasteiger partial charge in [-0.3, -0.25) is 14.4 Å². The number of anilines is 1. The number of amides is 3. The summed E-state index contributed by atoms with van der Waals surface area (Å²) < 4.78 is 5.50. The minimum absolute atomic E-state index is 0.206. The molecule has 0 aliphatic rings. The Kier molecular flexibility index (Phi) is 9.22. The third kappa shape index (κ3) is 8.03. The summed E-state index contributed by atoms with van der Waals surface area (Å²) >= 11 is 6.21. The highest BCUT2D eigenvalue weighted by Crippen LogP contribution is 2.25. The molecule has 3 N–H and O–H groups in total. The quantitative estimate of drug-likeness (QED) is 0.320. The van der Waals surface area contributed by atoms with Crippen molar-refractivity contribution < 1.29 is 19.1 Å². The van der Waals surface area contributed by atoms with Crippen LogP contribution in [-0.4, -0.2) is 37.1 Å². The van der Waals surface area contributed by atoms with Crippen LogP contribution >= 0.6 is 11.6 Å². The average molecular weight is 459 g/mol. The molecule has 0 saturated carbocycles. The Morgan fingerprint density at radius 3 is 2.50 bits per heavy atom. The normalized spacial score (nSPS) is 10.8. The van der Waals surface area contributed by atoms with Gasteiger partial charge < -0.3 is 15.4 Å². The number of halogens is 1. The van der Waals surface area contributed by atoms with Gasteiger partial charge in [0.2, 0.25) is 0 Å². The summed E-state index contributed by atoms with van der Waals surface area (Å²) in [5.74, 6) is -1.36. The number of nitrogens with one attached hydrogen (secondary N) is 3. The minimum Gasteiger partial charge on any atom is -0.482 e. The zero-order valence-electron chi connectivity index (χ0n) is 18.5. The fourth-order valence-electron chi connectivity index (χ4n) is 2.59. The molecule has 0 atom stereocenters. The summed E-state index contributed by atoms with van der Waals surface area (Å²) in [7, 11) is 0. The molecule has 0 bridgehead atoms. The second kappa shape index (κ2) is 11.9. The number of carbonyl (C=O) groups excluding carboxylic acids is 3. The van der Waals surface area contributed by atoms with Crippen LogP contribution in [0.2, 0.25) is 5.02 Å². The highest BCUT2D eigenvalue weighted by molar-refractivity contribution is 6.35. The smallest absolute Gasteiger partial charge is 0.329 e. The van der Waals surface area contributed by atoms with Crippen LogP contribution in [0.3, 0.4) is 0 Å². The van der Waals surface area contributed by atoms with E-state index in [-0.39, 0.29) is 23.5 Å². The number of benzene rings is 2. The van der Waals surface area contributed by atoms with Gasteiger partial charge in [-0.15, -0.1) is 0 Å². The lowest BCUT2D eigenvalue weighted by atomic mass is 10.1. The fraction of sp³-hybridized carbons (Fsp3) is 0.304. The molecule has 0 saturated heterocycles. The van der Waals surface area contributed by atoms with Crippen molar-refractivity contribution in [2.24, 2.45) is 11.0 Å². The lowest BCUT2D eigenvalue weighted by Crippen LogP contribution is -2.39. The molecule has 9 heteroatoms. The van der Waals surface area contributed by atoms with Gasteiger partial charge in [0.25, 0.3) is 5.91 Å². The molecule has 0 spiro atoms. The van der Waals surface area contributed by atoms with Gasteiger partial charge in [-0.2, -0.15) is 5.10 Å². The van der Waals surface area contributed by atoms with Crippen LogP contribution in [0.4, 0.5) is 5.69 Å². The lowest BCUT2D eigenvalue weighted by molar-refractivity contribution is -0.139. The maximum atomic E-state index is 12.2. The van der Waals surface area contributed by atoms with Gasteiger partial charge in [-0.1, -0.05) is 43.1 Å². The maximum Gasteiger partial charge on any atom is 0.329 e. The first-order chi connectivity index (χ1) is 15.2. The average Bonchev–Trinajstić information content (AvgIpc) is 2.73. The van der Waals surface area contributed by atoms with E-state index in [9.17, 15) is 14.4 Å². The molecule has 0 aliphatic heterocycles. The van der Waals surface area contributed by atoms with E-state index >= 15 is 0 Å². The van der Waals surface area contributed by atoms with Gasteiger partial charge in [0.05, 0.1) is 11.2 Å².